The Morgan fingerprint density at radius 1 is 1.15 bits per heavy atom. The fourth-order valence-corrected chi connectivity index (χ4v) is 0.870. The van der Waals surface area contributed by atoms with Crippen molar-refractivity contribution in [3.05, 3.63) is 11.6 Å². The van der Waals surface area contributed by atoms with Crippen LogP contribution in [0.5, 0.6) is 0 Å². The molecule has 0 aliphatic carbocycles. The molecule has 4 nitrogen and oxygen atoms in total. The van der Waals surface area contributed by atoms with Crippen LogP contribution in [-0.2, 0) is 19.1 Å². The van der Waals surface area contributed by atoms with Crippen LogP contribution >= 0.6 is 0 Å². The number of ether oxygens (including phenoxy) is 2. The van der Waals surface area contributed by atoms with E-state index in [4.69, 9.17) is 0 Å². The third-order valence-corrected chi connectivity index (χ3v) is 1.78. The highest BCUT2D eigenvalue weighted by Crippen LogP contribution is 2.13. The Bertz CT molecular complexity index is 214. The molecular formula is C9H14O4. The molecule has 0 rings (SSSR count). The summed E-state index contributed by atoms with van der Waals surface area (Å²) in [4.78, 5) is 22.3. The average molecular weight is 186 g/mol. The number of carbonyl (C=O) groups is 2. The molecule has 0 unspecified atom stereocenters. The molecule has 0 radical (unpaired) electrons. The van der Waals surface area contributed by atoms with Gasteiger partial charge in [0.1, 0.15) is 0 Å². The molecule has 0 spiro atoms. The van der Waals surface area contributed by atoms with Crippen molar-refractivity contribution in [1.29, 1.82) is 0 Å². The Kier molecular flexibility index (Phi) is 4.80. The van der Waals surface area contributed by atoms with E-state index in [2.05, 4.69) is 9.47 Å². The quantitative estimate of drug-likeness (QED) is 0.373. The van der Waals surface area contributed by atoms with E-state index in [-0.39, 0.29) is 0 Å². The second-order valence-corrected chi connectivity index (χ2v) is 2.51. The minimum Gasteiger partial charge on any atom is -0.468 e. The average Bonchev–Trinajstić information content (AvgIpc) is 2.16. The second kappa shape index (κ2) is 5.35. The summed E-state index contributed by atoms with van der Waals surface area (Å²) in [6.07, 6.45) is 1.68. The first-order valence-electron chi connectivity index (χ1n) is 3.87. The SMILES string of the molecule is C/C=C(\C)C(C(=O)OC)C(=O)OC. The summed E-state index contributed by atoms with van der Waals surface area (Å²) in [5.74, 6) is -2.12. The predicted octanol–water partition coefficient (Wildman–Crippen LogP) is 0.915. The van der Waals surface area contributed by atoms with Gasteiger partial charge < -0.3 is 9.47 Å². The van der Waals surface area contributed by atoms with E-state index >= 15 is 0 Å². The van der Waals surface area contributed by atoms with Gasteiger partial charge in [-0.1, -0.05) is 11.6 Å². The molecule has 0 aromatic heterocycles. The van der Waals surface area contributed by atoms with Gasteiger partial charge in [0, 0.05) is 0 Å². The number of rotatable bonds is 3. The highest BCUT2D eigenvalue weighted by molar-refractivity contribution is 5.97. The maximum absolute atomic E-state index is 11.1. The lowest BCUT2D eigenvalue weighted by atomic mass is 10.0. The fraction of sp³-hybridized carbons (Fsp3) is 0.556. The van der Waals surface area contributed by atoms with E-state index in [1.165, 1.54) is 14.2 Å². The summed E-state index contributed by atoms with van der Waals surface area (Å²) in [5, 5.41) is 0. The van der Waals surface area contributed by atoms with Crippen LogP contribution in [-0.4, -0.2) is 26.2 Å². The molecule has 4 heteroatoms. The molecule has 0 N–H and O–H groups in total. The van der Waals surface area contributed by atoms with E-state index in [1.54, 1.807) is 19.9 Å². The first kappa shape index (κ1) is 11.7. The molecule has 0 aromatic rings. The van der Waals surface area contributed by atoms with Crippen molar-refractivity contribution in [2.24, 2.45) is 5.92 Å². The van der Waals surface area contributed by atoms with Crippen molar-refractivity contribution < 1.29 is 19.1 Å². The molecule has 74 valence electrons. The van der Waals surface area contributed by atoms with Gasteiger partial charge in [-0.3, -0.25) is 9.59 Å². The summed E-state index contributed by atoms with van der Waals surface area (Å²) in [6.45, 7) is 3.42. The van der Waals surface area contributed by atoms with E-state index < -0.39 is 17.9 Å². The molecule has 0 aliphatic rings. The molecule has 0 aromatic carbocycles. The lowest BCUT2D eigenvalue weighted by molar-refractivity contribution is -0.156. The van der Waals surface area contributed by atoms with Crippen LogP contribution in [0.15, 0.2) is 11.6 Å². The Hall–Kier alpha value is -1.32. The van der Waals surface area contributed by atoms with Gasteiger partial charge in [0.05, 0.1) is 14.2 Å². The number of methoxy groups -OCH3 is 2. The van der Waals surface area contributed by atoms with Gasteiger partial charge >= 0.3 is 11.9 Å². The molecule has 0 saturated carbocycles. The van der Waals surface area contributed by atoms with E-state index in [0.29, 0.717) is 5.57 Å². The lowest BCUT2D eigenvalue weighted by Gasteiger charge is -2.12. The van der Waals surface area contributed by atoms with Crippen LogP contribution in [0.2, 0.25) is 0 Å². The highest BCUT2D eigenvalue weighted by atomic mass is 16.5. The Labute approximate surface area is 77.5 Å². The zero-order chi connectivity index (χ0) is 10.4. The van der Waals surface area contributed by atoms with E-state index in [1.807, 2.05) is 0 Å². The third-order valence-electron chi connectivity index (χ3n) is 1.78. The topological polar surface area (TPSA) is 52.6 Å². The van der Waals surface area contributed by atoms with Gasteiger partial charge in [0.2, 0.25) is 0 Å². The molecule has 0 saturated heterocycles. The largest absolute Gasteiger partial charge is 0.468 e. The molecular weight excluding hydrogens is 172 g/mol. The van der Waals surface area contributed by atoms with Gasteiger partial charge in [0.15, 0.2) is 5.92 Å². The standard InChI is InChI=1S/C9H14O4/c1-5-6(2)7(8(10)12-3)9(11)13-4/h5,7H,1-4H3/b6-5+. The second-order valence-electron chi connectivity index (χ2n) is 2.51. The summed E-state index contributed by atoms with van der Waals surface area (Å²) < 4.78 is 8.96. The van der Waals surface area contributed by atoms with Crippen LogP contribution in [0.3, 0.4) is 0 Å². The maximum Gasteiger partial charge on any atom is 0.324 e. The van der Waals surface area contributed by atoms with E-state index in [9.17, 15) is 9.59 Å². The monoisotopic (exact) mass is 186 g/mol. The zero-order valence-corrected chi connectivity index (χ0v) is 8.29. The third kappa shape index (κ3) is 2.89. The van der Waals surface area contributed by atoms with Gasteiger partial charge in [-0.2, -0.15) is 0 Å². The van der Waals surface area contributed by atoms with Crippen molar-refractivity contribution in [2.75, 3.05) is 14.2 Å². The normalized spacial score (nSPS) is 11.3. The van der Waals surface area contributed by atoms with Crippen LogP contribution in [0.1, 0.15) is 13.8 Å². The van der Waals surface area contributed by atoms with Crippen LogP contribution in [0, 0.1) is 5.92 Å². The number of allylic oxidation sites excluding steroid dienone is 1. The first-order chi connectivity index (χ1) is 6.08. The smallest absolute Gasteiger partial charge is 0.324 e. The summed E-state index contributed by atoms with van der Waals surface area (Å²) in [7, 11) is 2.47. The Balaban J connectivity index is 4.75. The van der Waals surface area contributed by atoms with E-state index in [0.717, 1.165) is 0 Å². The molecule has 0 aliphatic heterocycles. The van der Waals surface area contributed by atoms with Crippen molar-refractivity contribution in [1.82, 2.24) is 0 Å². The first-order valence-corrected chi connectivity index (χ1v) is 3.87. The van der Waals surface area contributed by atoms with Crippen molar-refractivity contribution in [3.8, 4) is 0 Å². The molecule has 0 heterocycles. The van der Waals surface area contributed by atoms with Crippen molar-refractivity contribution in [2.45, 2.75) is 13.8 Å². The minimum absolute atomic E-state index is 0.595. The molecule has 0 atom stereocenters. The molecule has 0 fully saturated rings. The number of hydrogen-bond acceptors (Lipinski definition) is 4. The minimum atomic E-state index is -0.931. The number of carbonyl (C=O) groups excluding carboxylic acids is 2. The van der Waals surface area contributed by atoms with Crippen molar-refractivity contribution in [3.63, 3.8) is 0 Å². The highest BCUT2D eigenvalue weighted by Gasteiger charge is 2.29. The number of esters is 2. The van der Waals surface area contributed by atoms with Gasteiger partial charge in [-0.05, 0) is 13.8 Å². The fourth-order valence-electron chi connectivity index (χ4n) is 0.870. The predicted molar refractivity (Wildman–Crippen MR) is 47.0 cm³/mol. The molecule has 0 bridgehead atoms. The van der Waals surface area contributed by atoms with Crippen LogP contribution < -0.4 is 0 Å². The molecule has 0 amide bonds. The van der Waals surface area contributed by atoms with Gasteiger partial charge in [-0.25, -0.2) is 0 Å². The van der Waals surface area contributed by atoms with Gasteiger partial charge in [-0.15, -0.1) is 0 Å². The number of hydrogen-bond donors (Lipinski definition) is 0. The summed E-state index contributed by atoms with van der Waals surface area (Å²) >= 11 is 0. The van der Waals surface area contributed by atoms with Crippen LogP contribution in [0.25, 0.3) is 0 Å². The zero-order valence-electron chi connectivity index (χ0n) is 8.29. The summed E-state index contributed by atoms with van der Waals surface area (Å²) in [6, 6.07) is 0. The Morgan fingerprint density at radius 2 is 1.54 bits per heavy atom. The van der Waals surface area contributed by atoms with Gasteiger partial charge in [0.25, 0.3) is 0 Å². The maximum atomic E-state index is 11.1. The van der Waals surface area contributed by atoms with Crippen LogP contribution in [0.4, 0.5) is 0 Å². The summed E-state index contributed by atoms with van der Waals surface area (Å²) in [5.41, 5.74) is 0.624. The van der Waals surface area contributed by atoms with Crippen molar-refractivity contribution >= 4 is 11.9 Å². The Morgan fingerprint density at radius 3 is 1.77 bits per heavy atom. The lowest BCUT2D eigenvalue weighted by Crippen LogP contribution is -2.27. The molecule has 13 heavy (non-hydrogen) atoms.